The van der Waals surface area contributed by atoms with E-state index >= 15 is 0 Å². The van der Waals surface area contributed by atoms with Crippen LogP contribution in [0.3, 0.4) is 0 Å². The van der Waals surface area contributed by atoms with Gasteiger partial charge in [-0.05, 0) is 113 Å². The van der Waals surface area contributed by atoms with Gasteiger partial charge in [0.1, 0.15) is 5.82 Å². The van der Waals surface area contributed by atoms with Crippen LogP contribution in [0.5, 0.6) is 0 Å². The maximum atomic E-state index is 5.12. The molecule has 258 valence electrons. The molecular formula is C53H36N2. The molecule has 2 nitrogen and oxygen atoms in total. The van der Waals surface area contributed by atoms with E-state index in [1.165, 1.54) is 93.5 Å². The van der Waals surface area contributed by atoms with Crippen molar-refractivity contribution in [2.75, 3.05) is 0 Å². The van der Waals surface area contributed by atoms with Crippen LogP contribution in [0.4, 0.5) is 0 Å². The van der Waals surface area contributed by atoms with E-state index in [-0.39, 0.29) is 0 Å². The van der Waals surface area contributed by atoms with E-state index in [2.05, 4.69) is 187 Å². The molecule has 2 aliphatic rings. The van der Waals surface area contributed by atoms with Gasteiger partial charge >= 0.3 is 0 Å². The van der Waals surface area contributed by atoms with Crippen molar-refractivity contribution in [3.05, 3.63) is 198 Å². The SMILES string of the molecule is CCCn1c(-c2ccc(-c3cc4c(c5ccccc35)C3(c5ccccc5-c5ccccc53)c3c-4c4ccccc4c4ccccc34)cc2)nc2ccccc21. The number of aromatic nitrogens is 2. The zero-order chi connectivity index (χ0) is 36.3. The van der Waals surface area contributed by atoms with E-state index in [9.17, 15) is 0 Å². The summed E-state index contributed by atoms with van der Waals surface area (Å²) >= 11 is 0. The van der Waals surface area contributed by atoms with Crippen LogP contribution in [0.2, 0.25) is 0 Å². The Kier molecular flexibility index (Phi) is 6.34. The van der Waals surface area contributed by atoms with Crippen molar-refractivity contribution >= 4 is 43.4 Å². The molecule has 0 atom stereocenters. The Bertz CT molecular complexity index is 3170. The van der Waals surface area contributed by atoms with E-state index < -0.39 is 5.41 Å². The number of para-hydroxylation sites is 2. The molecule has 0 bridgehead atoms. The van der Waals surface area contributed by atoms with Gasteiger partial charge in [-0.15, -0.1) is 0 Å². The third kappa shape index (κ3) is 3.96. The lowest BCUT2D eigenvalue weighted by Gasteiger charge is -2.33. The molecule has 0 saturated carbocycles. The van der Waals surface area contributed by atoms with Crippen molar-refractivity contribution in [3.63, 3.8) is 0 Å². The molecule has 10 aromatic rings. The number of fused-ring (bicyclic) bond motifs is 18. The molecule has 2 heteroatoms. The van der Waals surface area contributed by atoms with Gasteiger partial charge in [-0.2, -0.15) is 0 Å². The Morgan fingerprint density at radius 1 is 0.455 bits per heavy atom. The van der Waals surface area contributed by atoms with Crippen molar-refractivity contribution in [1.29, 1.82) is 0 Å². The molecule has 9 aromatic carbocycles. The zero-order valence-corrected chi connectivity index (χ0v) is 30.6. The number of hydrogen-bond donors (Lipinski definition) is 0. The number of aryl methyl sites for hydroxylation is 1. The summed E-state index contributed by atoms with van der Waals surface area (Å²) < 4.78 is 2.37. The van der Waals surface area contributed by atoms with Gasteiger partial charge in [0.25, 0.3) is 0 Å². The maximum absolute atomic E-state index is 5.12. The highest BCUT2D eigenvalue weighted by molar-refractivity contribution is 6.22. The molecule has 0 amide bonds. The Morgan fingerprint density at radius 3 is 1.67 bits per heavy atom. The normalized spacial score (nSPS) is 13.5. The van der Waals surface area contributed by atoms with Crippen LogP contribution >= 0.6 is 0 Å². The second kappa shape index (κ2) is 11.4. The molecule has 0 fully saturated rings. The fourth-order valence-electron chi connectivity index (χ4n) is 10.5. The van der Waals surface area contributed by atoms with E-state index in [0.29, 0.717) is 0 Å². The summed E-state index contributed by atoms with van der Waals surface area (Å²) in [6.07, 6.45) is 1.05. The Hall–Kier alpha value is -6.77. The first-order valence-corrected chi connectivity index (χ1v) is 19.5. The van der Waals surface area contributed by atoms with Crippen LogP contribution < -0.4 is 0 Å². The van der Waals surface area contributed by atoms with Crippen molar-refractivity contribution in [1.82, 2.24) is 9.55 Å². The Morgan fingerprint density at radius 2 is 0.982 bits per heavy atom. The Balaban J connectivity index is 1.19. The molecule has 0 radical (unpaired) electrons. The monoisotopic (exact) mass is 700 g/mol. The lowest BCUT2D eigenvalue weighted by molar-refractivity contribution is 0.704. The summed E-state index contributed by atoms with van der Waals surface area (Å²) in [6, 6.07) is 65.8. The number of hydrogen-bond acceptors (Lipinski definition) is 1. The zero-order valence-electron chi connectivity index (χ0n) is 30.6. The number of rotatable bonds is 4. The van der Waals surface area contributed by atoms with Gasteiger partial charge in [0.2, 0.25) is 0 Å². The van der Waals surface area contributed by atoms with Gasteiger partial charge in [-0.25, -0.2) is 4.98 Å². The fraction of sp³-hybridized carbons (Fsp3) is 0.0755. The summed E-state index contributed by atoms with van der Waals surface area (Å²) in [5.41, 5.74) is 16.2. The molecule has 0 N–H and O–H groups in total. The molecule has 0 aliphatic heterocycles. The third-order valence-corrected chi connectivity index (χ3v) is 12.5. The standard InChI is InChI=1S/C53H36N2/c1-2-31-55-48-26-14-13-25-47(48)54-52(55)34-29-27-33(28-30-34)43-32-44-49-40-20-6-3-15-35(40)36-16-4-8-22-42(36)51(49)53(50(44)41-21-7-5-17-37(41)43)45-23-11-9-18-38(45)39-19-10-12-24-46(39)53/h3-30,32H,2,31H2,1H3. The van der Waals surface area contributed by atoms with Crippen molar-refractivity contribution < 1.29 is 0 Å². The minimum absolute atomic E-state index is 0.484. The Labute approximate surface area is 320 Å². The largest absolute Gasteiger partial charge is 0.324 e. The highest BCUT2D eigenvalue weighted by atomic mass is 15.1. The fourth-order valence-corrected chi connectivity index (χ4v) is 10.5. The van der Waals surface area contributed by atoms with Crippen molar-refractivity contribution in [2.45, 2.75) is 25.3 Å². The summed E-state index contributed by atoms with van der Waals surface area (Å²) in [5.74, 6) is 1.03. The van der Waals surface area contributed by atoms with Gasteiger partial charge < -0.3 is 4.57 Å². The maximum Gasteiger partial charge on any atom is 0.141 e. The molecule has 12 rings (SSSR count). The highest BCUT2D eigenvalue weighted by Gasteiger charge is 2.54. The smallest absolute Gasteiger partial charge is 0.141 e. The quantitative estimate of drug-likeness (QED) is 0.167. The topological polar surface area (TPSA) is 17.8 Å². The first-order chi connectivity index (χ1) is 27.3. The average Bonchev–Trinajstić information content (AvgIpc) is 3.88. The summed E-state index contributed by atoms with van der Waals surface area (Å²) in [5, 5.41) is 7.81. The molecule has 55 heavy (non-hydrogen) atoms. The molecule has 0 unspecified atom stereocenters. The highest BCUT2D eigenvalue weighted by Crippen LogP contribution is 2.67. The molecule has 2 aliphatic carbocycles. The first kappa shape index (κ1) is 30.7. The van der Waals surface area contributed by atoms with Crippen LogP contribution in [0.1, 0.15) is 35.6 Å². The minimum atomic E-state index is -0.484. The summed E-state index contributed by atoms with van der Waals surface area (Å²) in [7, 11) is 0. The predicted octanol–water partition coefficient (Wildman–Crippen LogP) is 13.6. The lowest BCUT2D eigenvalue weighted by atomic mass is 9.68. The molecule has 1 spiro atoms. The van der Waals surface area contributed by atoms with Crippen LogP contribution in [-0.2, 0) is 12.0 Å². The van der Waals surface area contributed by atoms with Gasteiger partial charge in [0.05, 0.1) is 16.4 Å². The van der Waals surface area contributed by atoms with E-state index in [4.69, 9.17) is 4.98 Å². The van der Waals surface area contributed by atoms with Crippen molar-refractivity contribution in [2.24, 2.45) is 0 Å². The van der Waals surface area contributed by atoms with Crippen LogP contribution in [0.25, 0.3) is 88.1 Å². The molecular weight excluding hydrogens is 665 g/mol. The van der Waals surface area contributed by atoms with E-state index in [0.717, 1.165) is 29.9 Å². The van der Waals surface area contributed by atoms with E-state index in [1.54, 1.807) is 0 Å². The third-order valence-electron chi connectivity index (χ3n) is 12.5. The minimum Gasteiger partial charge on any atom is -0.324 e. The number of benzene rings is 9. The van der Waals surface area contributed by atoms with Crippen LogP contribution in [-0.4, -0.2) is 9.55 Å². The van der Waals surface area contributed by atoms with Crippen LogP contribution in [0.15, 0.2) is 176 Å². The lowest BCUT2D eigenvalue weighted by Crippen LogP contribution is -2.26. The van der Waals surface area contributed by atoms with Gasteiger partial charge in [0.15, 0.2) is 0 Å². The van der Waals surface area contributed by atoms with Gasteiger partial charge in [-0.1, -0.05) is 165 Å². The first-order valence-electron chi connectivity index (χ1n) is 19.5. The van der Waals surface area contributed by atoms with Crippen molar-refractivity contribution in [3.8, 4) is 44.8 Å². The molecule has 0 saturated heterocycles. The predicted molar refractivity (Wildman–Crippen MR) is 230 cm³/mol. The van der Waals surface area contributed by atoms with Crippen LogP contribution in [0, 0.1) is 0 Å². The number of nitrogens with zero attached hydrogens (tertiary/aromatic N) is 2. The second-order valence-electron chi connectivity index (χ2n) is 15.2. The number of imidazole rings is 1. The van der Waals surface area contributed by atoms with Gasteiger partial charge in [-0.3, -0.25) is 0 Å². The summed E-state index contributed by atoms with van der Waals surface area (Å²) in [6.45, 7) is 3.17. The summed E-state index contributed by atoms with van der Waals surface area (Å²) in [4.78, 5) is 5.12. The molecule has 1 aromatic heterocycles. The van der Waals surface area contributed by atoms with E-state index in [1.807, 2.05) is 0 Å². The second-order valence-corrected chi connectivity index (χ2v) is 15.2. The average molecular weight is 701 g/mol. The molecule has 1 heterocycles. The van der Waals surface area contributed by atoms with Gasteiger partial charge in [0, 0.05) is 12.1 Å².